The predicted octanol–water partition coefficient (Wildman–Crippen LogP) is 3.95. The molecule has 4 rings (SSSR count). The van der Waals surface area contributed by atoms with Crippen molar-refractivity contribution in [3.8, 4) is 0 Å². The Morgan fingerprint density at radius 1 is 1.33 bits per heavy atom. The summed E-state index contributed by atoms with van der Waals surface area (Å²) in [7, 11) is 5.80. The minimum atomic E-state index is -0.177. The second-order valence-corrected chi connectivity index (χ2v) is 8.29. The number of aryl methyl sites for hydroxylation is 1. The zero-order valence-electron chi connectivity index (χ0n) is 17.7. The number of carbonyl (C=O) groups excluding carboxylic acids is 1. The largest absolute Gasteiger partial charge is 0.451 e. The molecule has 1 fully saturated rings. The first-order valence-corrected chi connectivity index (χ1v) is 10.5. The molecule has 1 unspecified atom stereocenters. The number of nitrogens with zero attached hydrogens (tertiary/aromatic N) is 4. The standard InChI is InChI=1S/C22H26ClN5O2/c1-13-16-10-14(23)7-8-18(16)30-20(13)22(29)28-9-5-6-17(28)21-25-15(12-24-2)11-19(26-21)27(3)4/h7-8,10-11,17,24H,5-6,9,12H2,1-4H3. The minimum Gasteiger partial charge on any atom is -0.451 e. The number of anilines is 1. The van der Waals surface area contributed by atoms with Gasteiger partial charge in [0, 0.05) is 49.2 Å². The molecule has 8 heteroatoms. The summed E-state index contributed by atoms with van der Waals surface area (Å²) in [5.41, 5.74) is 2.38. The topological polar surface area (TPSA) is 74.5 Å². The highest BCUT2D eigenvalue weighted by molar-refractivity contribution is 6.31. The summed E-state index contributed by atoms with van der Waals surface area (Å²) in [6, 6.07) is 7.19. The molecule has 1 aliphatic rings. The van der Waals surface area contributed by atoms with Gasteiger partial charge in [-0.1, -0.05) is 11.6 Å². The Morgan fingerprint density at radius 2 is 2.13 bits per heavy atom. The van der Waals surface area contributed by atoms with E-state index in [1.54, 1.807) is 12.1 Å². The van der Waals surface area contributed by atoms with Gasteiger partial charge < -0.3 is 19.5 Å². The molecule has 1 N–H and O–H groups in total. The molecule has 158 valence electrons. The maximum atomic E-state index is 13.5. The van der Waals surface area contributed by atoms with Crippen LogP contribution in [0, 0.1) is 6.92 Å². The average molecular weight is 428 g/mol. The molecule has 1 aliphatic heterocycles. The molecule has 0 spiro atoms. The Bertz CT molecular complexity index is 1090. The van der Waals surface area contributed by atoms with Crippen LogP contribution in [0.5, 0.6) is 0 Å². The summed E-state index contributed by atoms with van der Waals surface area (Å²) in [4.78, 5) is 26.7. The van der Waals surface area contributed by atoms with Crippen LogP contribution in [-0.2, 0) is 6.54 Å². The molecule has 30 heavy (non-hydrogen) atoms. The Labute approximate surface area is 181 Å². The predicted molar refractivity (Wildman–Crippen MR) is 118 cm³/mol. The number of carbonyl (C=O) groups is 1. The lowest BCUT2D eigenvalue weighted by Crippen LogP contribution is -2.32. The number of hydrogen-bond donors (Lipinski definition) is 1. The van der Waals surface area contributed by atoms with Crippen LogP contribution in [0.3, 0.4) is 0 Å². The van der Waals surface area contributed by atoms with Crippen LogP contribution in [0.4, 0.5) is 5.82 Å². The number of hydrogen-bond acceptors (Lipinski definition) is 6. The van der Waals surface area contributed by atoms with E-state index in [1.165, 1.54) is 0 Å². The van der Waals surface area contributed by atoms with Gasteiger partial charge in [-0.05, 0) is 45.0 Å². The Morgan fingerprint density at radius 3 is 2.87 bits per heavy atom. The first kappa shape index (κ1) is 20.6. The van der Waals surface area contributed by atoms with Crippen molar-refractivity contribution in [2.45, 2.75) is 32.4 Å². The summed E-state index contributed by atoms with van der Waals surface area (Å²) >= 11 is 6.13. The van der Waals surface area contributed by atoms with Crippen LogP contribution in [0.25, 0.3) is 11.0 Å². The normalized spacial score (nSPS) is 16.4. The van der Waals surface area contributed by atoms with Gasteiger partial charge in [0.15, 0.2) is 11.6 Å². The zero-order valence-corrected chi connectivity index (χ0v) is 18.5. The van der Waals surface area contributed by atoms with Gasteiger partial charge in [0.25, 0.3) is 5.91 Å². The number of fused-ring (bicyclic) bond motifs is 1. The molecule has 2 aromatic heterocycles. The van der Waals surface area contributed by atoms with Gasteiger partial charge in [-0.15, -0.1) is 0 Å². The maximum absolute atomic E-state index is 13.5. The molecule has 7 nitrogen and oxygen atoms in total. The molecule has 0 aliphatic carbocycles. The number of benzene rings is 1. The van der Waals surface area contributed by atoms with Crippen molar-refractivity contribution >= 4 is 34.3 Å². The lowest BCUT2D eigenvalue weighted by Gasteiger charge is -2.24. The fourth-order valence-corrected chi connectivity index (χ4v) is 4.13. The highest BCUT2D eigenvalue weighted by atomic mass is 35.5. The molecule has 3 aromatic rings. The highest BCUT2D eigenvalue weighted by Crippen LogP contribution is 2.35. The Hall–Kier alpha value is -2.64. The molecular weight excluding hydrogens is 402 g/mol. The third-order valence-electron chi connectivity index (χ3n) is 5.50. The number of amides is 1. The number of nitrogens with one attached hydrogen (secondary N) is 1. The van der Waals surface area contributed by atoms with Crippen LogP contribution in [0.15, 0.2) is 28.7 Å². The molecule has 1 aromatic carbocycles. The Kier molecular flexibility index (Phi) is 5.66. The van der Waals surface area contributed by atoms with Crippen LogP contribution >= 0.6 is 11.6 Å². The lowest BCUT2D eigenvalue weighted by atomic mass is 10.1. The van der Waals surface area contributed by atoms with Crippen LogP contribution < -0.4 is 10.2 Å². The highest BCUT2D eigenvalue weighted by Gasteiger charge is 2.35. The van der Waals surface area contributed by atoms with Gasteiger partial charge in [0.2, 0.25) is 0 Å². The monoisotopic (exact) mass is 427 g/mol. The molecular formula is C22H26ClN5O2. The number of halogens is 1. The van der Waals surface area contributed by atoms with Gasteiger partial charge in [-0.3, -0.25) is 4.79 Å². The SMILES string of the molecule is CNCc1cc(N(C)C)nc(C2CCCN2C(=O)c2oc3ccc(Cl)cc3c2C)n1. The molecule has 0 bridgehead atoms. The summed E-state index contributed by atoms with van der Waals surface area (Å²) in [6.07, 6.45) is 1.73. The van der Waals surface area contributed by atoms with Gasteiger partial charge >= 0.3 is 0 Å². The second kappa shape index (κ2) is 8.24. The summed E-state index contributed by atoms with van der Waals surface area (Å²) in [5.74, 6) is 1.74. The van der Waals surface area contributed by atoms with Crippen molar-refractivity contribution < 1.29 is 9.21 Å². The number of aromatic nitrogens is 2. The van der Waals surface area contributed by atoms with Crippen molar-refractivity contribution in [1.29, 1.82) is 0 Å². The van der Waals surface area contributed by atoms with E-state index in [1.807, 2.05) is 50.0 Å². The van der Waals surface area contributed by atoms with Crippen LogP contribution in [0.1, 0.15) is 46.5 Å². The third kappa shape index (κ3) is 3.75. The maximum Gasteiger partial charge on any atom is 0.290 e. The van der Waals surface area contributed by atoms with Crippen molar-refractivity contribution in [3.05, 3.63) is 52.1 Å². The molecule has 3 heterocycles. The first-order valence-electron chi connectivity index (χ1n) is 10.1. The summed E-state index contributed by atoms with van der Waals surface area (Å²) in [6.45, 7) is 3.19. The van der Waals surface area contributed by atoms with Gasteiger partial charge in [-0.2, -0.15) is 0 Å². The van der Waals surface area contributed by atoms with E-state index in [4.69, 9.17) is 26.0 Å². The molecule has 0 saturated carbocycles. The number of likely N-dealkylation sites (tertiary alicyclic amines) is 1. The van der Waals surface area contributed by atoms with Crippen molar-refractivity contribution in [1.82, 2.24) is 20.2 Å². The van der Waals surface area contributed by atoms with E-state index in [0.717, 1.165) is 35.3 Å². The lowest BCUT2D eigenvalue weighted by molar-refractivity contribution is 0.0698. The van der Waals surface area contributed by atoms with Gasteiger partial charge in [0.05, 0.1) is 11.7 Å². The Balaban J connectivity index is 1.70. The zero-order chi connectivity index (χ0) is 21.4. The van der Waals surface area contributed by atoms with E-state index in [-0.39, 0.29) is 11.9 Å². The van der Waals surface area contributed by atoms with Crippen LogP contribution in [0.2, 0.25) is 5.02 Å². The second-order valence-electron chi connectivity index (χ2n) is 7.85. The molecule has 0 radical (unpaired) electrons. The smallest absolute Gasteiger partial charge is 0.290 e. The first-order chi connectivity index (χ1) is 14.4. The minimum absolute atomic E-state index is 0.128. The molecule has 1 atom stereocenters. The van der Waals surface area contributed by atoms with Crippen molar-refractivity contribution in [2.24, 2.45) is 0 Å². The quantitative estimate of drug-likeness (QED) is 0.664. The van der Waals surface area contributed by atoms with E-state index < -0.39 is 0 Å². The van der Waals surface area contributed by atoms with Gasteiger partial charge in [0.1, 0.15) is 11.4 Å². The van der Waals surface area contributed by atoms with Gasteiger partial charge in [-0.25, -0.2) is 9.97 Å². The van der Waals surface area contributed by atoms with Crippen molar-refractivity contribution in [3.63, 3.8) is 0 Å². The molecule has 1 amide bonds. The summed E-state index contributed by atoms with van der Waals surface area (Å²) < 4.78 is 5.93. The average Bonchev–Trinajstić information content (AvgIpc) is 3.33. The van der Waals surface area contributed by atoms with E-state index in [0.29, 0.717) is 35.3 Å². The number of furan rings is 1. The number of rotatable bonds is 5. The van der Waals surface area contributed by atoms with Crippen molar-refractivity contribution in [2.75, 3.05) is 32.6 Å². The summed E-state index contributed by atoms with van der Waals surface area (Å²) in [5, 5.41) is 4.62. The molecule has 1 saturated heterocycles. The van der Waals surface area contributed by atoms with E-state index in [9.17, 15) is 4.79 Å². The van der Waals surface area contributed by atoms with Crippen LogP contribution in [-0.4, -0.2) is 48.5 Å². The van der Waals surface area contributed by atoms with E-state index >= 15 is 0 Å². The van der Waals surface area contributed by atoms with E-state index in [2.05, 4.69) is 5.32 Å². The fraction of sp³-hybridized carbons (Fsp3) is 0.409. The third-order valence-corrected chi connectivity index (χ3v) is 5.74. The fourth-order valence-electron chi connectivity index (χ4n) is 3.96.